The average Bonchev–Trinajstić information content (AvgIpc) is 2.45. The molecule has 0 spiro atoms. The van der Waals surface area contributed by atoms with Crippen molar-refractivity contribution in [1.29, 1.82) is 0 Å². The summed E-state index contributed by atoms with van der Waals surface area (Å²) in [7, 11) is 2.71. The molecular formula is C13H18ClF2NO4. The van der Waals surface area contributed by atoms with E-state index in [2.05, 4.69) is 4.74 Å². The number of hydrogen-bond acceptors (Lipinski definition) is 5. The number of alkyl halides is 2. The van der Waals surface area contributed by atoms with Gasteiger partial charge in [0.25, 0.3) is 0 Å². The molecule has 8 heteroatoms. The maximum atomic E-state index is 13.9. The molecule has 0 aromatic heterocycles. The van der Waals surface area contributed by atoms with Gasteiger partial charge in [-0.3, -0.25) is 0 Å². The number of esters is 1. The predicted molar refractivity (Wildman–Crippen MR) is 75.3 cm³/mol. The Balaban J connectivity index is 0.00000400. The normalized spacial score (nSPS) is 12.1. The standard InChI is InChI=1S/C13H17F2NO4.ClH/c1-4-20-12(17)13(14,15)11(16)9-7-8(18-2)5-6-10(9)19-3;/h5-7,11H,4,16H2,1-3H3;1H/t11-;/m0./s1. The number of hydrogen-bond donors (Lipinski definition) is 1. The summed E-state index contributed by atoms with van der Waals surface area (Å²) in [6.07, 6.45) is 0. The van der Waals surface area contributed by atoms with Crippen molar-refractivity contribution in [2.75, 3.05) is 20.8 Å². The van der Waals surface area contributed by atoms with Gasteiger partial charge < -0.3 is 19.9 Å². The van der Waals surface area contributed by atoms with Crippen LogP contribution in [0.1, 0.15) is 18.5 Å². The number of ether oxygens (including phenoxy) is 3. The minimum absolute atomic E-state index is 0. The van der Waals surface area contributed by atoms with E-state index in [4.69, 9.17) is 15.2 Å². The molecule has 0 aliphatic heterocycles. The Morgan fingerprint density at radius 3 is 2.43 bits per heavy atom. The van der Waals surface area contributed by atoms with Crippen LogP contribution in [-0.2, 0) is 9.53 Å². The van der Waals surface area contributed by atoms with E-state index in [1.165, 1.54) is 39.3 Å². The van der Waals surface area contributed by atoms with Crippen molar-refractivity contribution in [3.05, 3.63) is 23.8 Å². The van der Waals surface area contributed by atoms with Crippen molar-refractivity contribution < 1.29 is 27.8 Å². The van der Waals surface area contributed by atoms with Gasteiger partial charge in [0, 0.05) is 5.56 Å². The molecule has 2 N–H and O–H groups in total. The van der Waals surface area contributed by atoms with Gasteiger partial charge >= 0.3 is 11.9 Å². The summed E-state index contributed by atoms with van der Waals surface area (Å²) in [5.74, 6) is -5.06. The number of carbonyl (C=O) groups is 1. The Morgan fingerprint density at radius 2 is 1.95 bits per heavy atom. The van der Waals surface area contributed by atoms with E-state index < -0.39 is 17.9 Å². The van der Waals surface area contributed by atoms with Crippen LogP contribution in [0.4, 0.5) is 8.78 Å². The molecule has 0 heterocycles. The summed E-state index contributed by atoms with van der Waals surface area (Å²) in [5, 5.41) is 0. The Kier molecular flexibility index (Phi) is 7.38. The highest BCUT2D eigenvalue weighted by Crippen LogP contribution is 2.37. The Bertz CT molecular complexity index is 485. The van der Waals surface area contributed by atoms with E-state index in [9.17, 15) is 13.6 Å². The molecule has 0 saturated heterocycles. The first kappa shape index (κ1) is 19.4. The summed E-state index contributed by atoms with van der Waals surface area (Å²) < 4.78 is 42.2. The number of rotatable bonds is 6. The molecule has 1 atom stereocenters. The summed E-state index contributed by atoms with van der Waals surface area (Å²) in [6.45, 7) is 1.28. The molecule has 0 aliphatic carbocycles. The first-order valence-corrected chi connectivity index (χ1v) is 5.91. The first-order chi connectivity index (χ1) is 9.38. The predicted octanol–water partition coefficient (Wildman–Crippen LogP) is 2.32. The number of benzene rings is 1. The molecule has 5 nitrogen and oxygen atoms in total. The van der Waals surface area contributed by atoms with Gasteiger partial charge in [0.15, 0.2) is 0 Å². The van der Waals surface area contributed by atoms with E-state index in [1.807, 2.05) is 0 Å². The van der Waals surface area contributed by atoms with Crippen LogP contribution in [-0.4, -0.2) is 32.7 Å². The van der Waals surface area contributed by atoms with Crippen LogP contribution in [0.15, 0.2) is 18.2 Å². The zero-order valence-corrected chi connectivity index (χ0v) is 12.7. The van der Waals surface area contributed by atoms with Crippen LogP contribution in [0.25, 0.3) is 0 Å². The third kappa shape index (κ3) is 4.18. The summed E-state index contributed by atoms with van der Waals surface area (Å²) in [6, 6.07) is 2.38. The molecule has 0 unspecified atom stereocenters. The zero-order valence-electron chi connectivity index (χ0n) is 11.9. The van der Waals surface area contributed by atoms with Gasteiger partial charge in [0.05, 0.1) is 20.8 Å². The van der Waals surface area contributed by atoms with E-state index in [1.54, 1.807) is 0 Å². The first-order valence-electron chi connectivity index (χ1n) is 5.91. The summed E-state index contributed by atoms with van der Waals surface area (Å²) in [5.41, 5.74) is 5.48. The van der Waals surface area contributed by atoms with E-state index in [-0.39, 0.29) is 30.3 Å². The maximum absolute atomic E-state index is 13.9. The molecule has 120 valence electrons. The quantitative estimate of drug-likeness (QED) is 0.813. The highest BCUT2D eigenvalue weighted by molar-refractivity contribution is 5.85. The molecule has 21 heavy (non-hydrogen) atoms. The van der Waals surface area contributed by atoms with Gasteiger partial charge in [-0.2, -0.15) is 8.78 Å². The molecule has 1 aromatic carbocycles. The van der Waals surface area contributed by atoms with E-state index >= 15 is 0 Å². The largest absolute Gasteiger partial charge is 0.497 e. The van der Waals surface area contributed by atoms with Gasteiger partial charge in [-0.1, -0.05) is 0 Å². The fraction of sp³-hybridized carbons (Fsp3) is 0.462. The van der Waals surface area contributed by atoms with Crippen LogP contribution in [0.3, 0.4) is 0 Å². The van der Waals surface area contributed by atoms with Gasteiger partial charge in [-0.15, -0.1) is 12.4 Å². The number of halogens is 3. The van der Waals surface area contributed by atoms with Gasteiger partial charge in [-0.25, -0.2) is 4.79 Å². The fourth-order valence-electron chi connectivity index (χ4n) is 1.63. The van der Waals surface area contributed by atoms with Crippen molar-refractivity contribution >= 4 is 18.4 Å². The molecule has 1 rings (SSSR count). The third-order valence-electron chi connectivity index (χ3n) is 2.71. The maximum Gasteiger partial charge on any atom is 0.379 e. The van der Waals surface area contributed by atoms with Crippen molar-refractivity contribution in [2.24, 2.45) is 5.73 Å². The lowest BCUT2D eigenvalue weighted by atomic mass is 10.00. The molecule has 0 bridgehead atoms. The minimum Gasteiger partial charge on any atom is -0.497 e. The highest BCUT2D eigenvalue weighted by atomic mass is 35.5. The van der Waals surface area contributed by atoms with Crippen molar-refractivity contribution in [3.8, 4) is 11.5 Å². The molecular weight excluding hydrogens is 308 g/mol. The molecule has 0 saturated carbocycles. The topological polar surface area (TPSA) is 70.8 Å². The number of methoxy groups -OCH3 is 2. The fourth-order valence-corrected chi connectivity index (χ4v) is 1.63. The van der Waals surface area contributed by atoms with Crippen LogP contribution < -0.4 is 15.2 Å². The smallest absolute Gasteiger partial charge is 0.379 e. The van der Waals surface area contributed by atoms with Crippen LogP contribution >= 0.6 is 12.4 Å². The van der Waals surface area contributed by atoms with E-state index in [0.717, 1.165) is 0 Å². The van der Waals surface area contributed by atoms with Crippen molar-refractivity contribution in [3.63, 3.8) is 0 Å². The molecule has 0 amide bonds. The number of nitrogens with two attached hydrogens (primary N) is 1. The second-order valence-electron chi connectivity index (χ2n) is 3.93. The van der Waals surface area contributed by atoms with Crippen molar-refractivity contribution in [2.45, 2.75) is 18.9 Å². The second-order valence-corrected chi connectivity index (χ2v) is 3.93. The van der Waals surface area contributed by atoms with Gasteiger partial charge in [-0.05, 0) is 25.1 Å². The second kappa shape index (κ2) is 7.99. The summed E-state index contributed by atoms with van der Waals surface area (Å²) >= 11 is 0. The SMILES string of the molecule is CCOC(=O)C(F)(F)[C@@H](N)c1cc(OC)ccc1OC.Cl. The average molecular weight is 326 g/mol. The van der Waals surface area contributed by atoms with Crippen LogP contribution in [0, 0.1) is 0 Å². The Morgan fingerprint density at radius 1 is 1.33 bits per heavy atom. The molecule has 1 aromatic rings. The molecule has 0 fully saturated rings. The van der Waals surface area contributed by atoms with Gasteiger partial charge in [0.2, 0.25) is 0 Å². The lowest BCUT2D eigenvalue weighted by Gasteiger charge is -2.23. The molecule has 0 radical (unpaired) electrons. The van der Waals surface area contributed by atoms with Gasteiger partial charge in [0.1, 0.15) is 17.5 Å². The Hall–Kier alpha value is -1.60. The summed E-state index contributed by atoms with van der Waals surface area (Å²) in [4.78, 5) is 11.3. The lowest BCUT2D eigenvalue weighted by Crippen LogP contribution is -2.41. The van der Waals surface area contributed by atoms with Crippen molar-refractivity contribution in [1.82, 2.24) is 0 Å². The van der Waals surface area contributed by atoms with E-state index in [0.29, 0.717) is 5.75 Å². The lowest BCUT2D eigenvalue weighted by molar-refractivity contribution is -0.174. The monoisotopic (exact) mass is 325 g/mol. The van der Waals surface area contributed by atoms with Crippen LogP contribution in [0.5, 0.6) is 11.5 Å². The molecule has 0 aliphatic rings. The minimum atomic E-state index is -3.87. The zero-order chi connectivity index (χ0) is 15.3. The number of carbonyl (C=O) groups excluding carboxylic acids is 1. The Labute approximate surface area is 127 Å². The highest BCUT2D eigenvalue weighted by Gasteiger charge is 2.48. The third-order valence-corrected chi connectivity index (χ3v) is 2.71. The van der Waals surface area contributed by atoms with Crippen LogP contribution in [0.2, 0.25) is 0 Å².